The molecule has 78 valence electrons. The molecule has 0 fully saturated rings. The third-order valence-electron chi connectivity index (χ3n) is 2.52. The predicted octanol–water partition coefficient (Wildman–Crippen LogP) is 2.48. The summed E-state index contributed by atoms with van der Waals surface area (Å²) in [5, 5.41) is 9.82. The minimum absolute atomic E-state index is 0.681. The molecule has 0 aliphatic rings. The van der Waals surface area contributed by atoms with Crippen LogP contribution in [0.1, 0.15) is 5.56 Å². The molecular formula is C11H11NO3. The SMILES string of the molecule is COc1ccc2c(ccn2C(=O)O)c1C. The van der Waals surface area contributed by atoms with Gasteiger partial charge in [-0.15, -0.1) is 0 Å². The molecule has 0 saturated heterocycles. The average molecular weight is 205 g/mol. The molecule has 0 spiro atoms. The fourth-order valence-corrected chi connectivity index (χ4v) is 1.73. The molecule has 0 unspecified atom stereocenters. The Kier molecular flexibility index (Phi) is 2.11. The van der Waals surface area contributed by atoms with Gasteiger partial charge < -0.3 is 9.84 Å². The molecule has 0 radical (unpaired) electrons. The number of carbonyl (C=O) groups is 1. The maximum atomic E-state index is 10.9. The van der Waals surface area contributed by atoms with Gasteiger partial charge in [0.1, 0.15) is 5.75 Å². The van der Waals surface area contributed by atoms with E-state index in [1.165, 1.54) is 4.57 Å². The zero-order chi connectivity index (χ0) is 11.0. The van der Waals surface area contributed by atoms with E-state index in [0.29, 0.717) is 5.52 Å². The largest absolute Gasteiger partial charge is 0.496 e. The second-order valence-electron chi connectivity index (χ2n) is 3.29. The average Bonchev–Trinajstić information content (AvgIpc) is 2.62. The van der Waals surface area contributed by atoms with E-state index >= 15 is 0 Å². The van der Waals surface area contributed by atoms with Gasteiger partial charge in [-0.2, -0.15) is 0 Å². The lowest BCUT2D eigenvalue weighted by Gasteiger charge is -2.05. The third-order valence-corrected chi connectivity index (χ3v) is 2.52. The molecule has 0 amide bonds. The highest BCUT2D eigenvalue weighted by Crippen LogP contribution is 2.27. The van der Waals surface area contributed by atoms with E-state index in [1.54, 1.807) is 31.5 Å². The Balaban J connectivity index is 2.76. The number of nitrogens with zero attached hydrogens (tertiary/aromatic N) is 1. The van der Waals surface area contributed by atoms with Crippen molar-refractivity contribution < 1.29 is 14.6 Å². The minimum Gasteiger partial charge on any atom is -0.496 e. The minimum atomic E-state index is -0.977. The molecule has 1 N–H and O–H groups in total. The molecule has 0 bridgehead atoms. The summed E-state index contributed by atoms with van der Waals surface area (Å²) in [6.07, 6.45) is 0.564. The van der Waals surface area contributed by atoms with E-state index in [2.05, 4.69) is 0 Å². The van der Waals surface area contributed by atoms with E-state index in [9.17, 15) is 4.79 Å². The molecule has 1 heterocycles. The van der Waals surface area contributed by atoms with Crippen LogP contribution >= 0.6 is 0 Å². The van der Waals surface area contributed by atoms with E-state index in [1.807, 2.05) is 6.92 Å². The Hall–Kier alpha value is -1.97. The van der Waals surface area contributed by atoms with Gasteiger partial charge in [-0.25, -0.2) is 4.79 Å². The van der Waals surface area contributed by atoms with Crippen LogP contribution in [0.3, 0.4) is 0 Å². The number of carboxylic acid groups (broad SMARTS) is 1. The molecule has 1 aromatic carbocycles. The number of benzene rings is 1. The van der Waals surface area contributed by atoms with Gasteiger partial charge in [0.05, 0.1) is 12.6 Å². The Morgan fingerprint density at radius 2 is 2.13 bits per heavy atom. The molecule has 1 aromatic heterocycles. The van der Waals surface area contributed by atoms with Crippen molar-refractivity contribution in [2.24, 2.45) is 0 Å². The quantitative estimate of drug-likeness (QED) is 0.778. The van der Waals surface area contributed by atoms with E-state index < -0.39 is 6.09 Å². The third kappa shape index (κ3) is 1.34. The second-order valence-corrected chi connectivity index (χ2v) is 3.29. The van der Waals surface area contributed by atoms with Gasteiger partial charge in [0.25, 0.3) is 0 Å². The van der Waals surface area contributed by atoms with Crippen LogP contribution in [0.2, 0.25) is 0 Å². The van der Waals surface area contributed by atoms with Gasteiger partial charge in [-0.05, 0) is 25.1 Å². The van der Waals surface area contributed by atoms with Crippen LogP contribution in [-0.4, -0.2) is 22.9 Å². The Morgan fingerprint density at radius 1 is 1.40 bits per heavy atom. The Labute approximate surface area is 86.7 Å². The monoisotopic (exact) mass is 205 g/mol. The van der Waals surface area contributed by atoms with Crippen LogP contribution in [0.15, 0.2) is 24.4 Å². The maximum absolute atomic E-state index is 10.9. The number of rotatable bonds is 1. The molecular weight excluding hydrogens is 194 g/mol. The number of hydrogen-bond acceptors (Lipinski definition) is 2. The maximum Gasteiger partial charge on any atom is 0.415 e. The van der Waals surface area contributed by atoms with Crippen LogP contribution < -0.4 is 4.74 Å². The lowest BCUT2D eigenvalue weighted by atomic mass is 10.1. The van der Waals surface area contributed by atoms with Crippen molar-refractivity contribution in [3.05, 3.63) is 30.0 Å². The molecule has 2 aromatic rings. The van der Waals surface area contributed by atoms with Gasteiger partial charge in [0.15, 0.2) is 0 Å². The molecule has 2 rings (SSSR count). The number of ether oxygens (including phenoxy) is 1. The van der Waals surface area contributed by atoms with Crippen molar-refractivity contribution in [2.75, 3.05) is 7.11 Å². The first kappa shape index (κ1) is 9.58. The van der Waals surface area contributed by atoms with Crippen molar-refractivity contribution in [3.63, 3.8) is 0 Å². The lowest BCUT2D eigenvalue weighted by molar-refractivity contribution is 0.197. The molecule has 15 heavy (non-hydrogen) atoms. The van der Waals surface area contributed by atoms with Gasteiger partial charge in [0, 0.05) is 17.1 Å². The normalized spacial score (nSPS) is 10.5. The summed E-state index contributed by atoms with van der Waals surface area (Å²) < 4.78 is 6.36. The van der Waals surface area contributed by atoms with Crippen molar-refractivity contribution in [1.29, 1.82) is 0 Å². The number of aryl methyl sites for hydroxylation is 1. The first-order valence-electron chi connectivity index (χ1n) is 4.53. The molecule has 0 aliphatic heterocycles. The Bertz CT molecular complexity index is 528. The van der Waals surface area contributed by atoms with Gasteiger partial charge in [0.2, 0.25) is 0 Å². The van der Waals surface area contributed by atoms with E-state index in [-0.39, 0.29) is 0 Å². The Morgan fingerprint density at radius 3 is 2.73 bits per heavy atom. The van der Waals surface area contributed by atoms with Crippen LogP contribution in [0.25, 0.3) is 10.9 Å². The van der Waals surface area contributed by atoms with Crippen molar-refractivity contribution in [3.8, 4) is 5.75 Å². The fraction of sp³-hybridized carbons (Fsp3) is 0.182. The lowest BCUT2D eigenvalue weighted by Crippen LogP contribution is -2.05. The highest BCUT2D eigenvalue weighted by atomic mass is 16.5. The standard InChI is InChI=1S/C11H11NO3/c1-7-8-5-6-12(11(13)14)9(8)3-4-10(7)15-2/h3-6H,1-2H3,(H,13,14). The molecule has 4 nitrogen and oxygen atoms in total. The smallest absolute Gasteiger partial charge is 0.415 e. The van der Waals surface area contributed by atoms with Crippen molar-refractivity contribution >= 4 is 17.0 Å². The highest BCUT2D eigenvalue weighted by Gasteiger charge is 2.10. The van der Waals surface area contributed by atoms with Crippen LogP contribution in [0, 0.1) is 6.92 Å². The zero-order valence-electron chi connectivity index (χ0n) is 8.52. The van der Waals surface area contributed by atoms with Crippen LogP contribution in [0.4, 0.5) is 4.79 Å². The summed E-state index contributed by atoms with van der Waals surface area (Å²) >= 11 is 0. The summed E-state index contributed by atoms with van der Waals surface area (Å²) in [6.45, 7) is 1.91. The summed E-state index contributed by atoms with van der Waals surface area (Å²) in [6, 6.07) is 5.30. The van der Waals surface area contributed by atoms with Gasteiger partial charge >= 0.3 is 6.09 Å². The summed E-state index contributed by atoms with van der Waals surface area (Å²) in [5.74, 6) is 0.769. The first-order valence-corrected chi connectivity index (χ1v) is 4.53. The zero-order valence-corrected chi connectivity index (χ0v) is 8.52. The number of fused-ring (bicyclic) bond motifs is 1. The van der Waals surface area contributed by atoms with Crippen LogP contribution in [0.5, 0.6) is 5.75 Å². The summed E-state index contributed by atoms with van der Waals surface area (Å²) in [7, 11) is 1.60. The second kappa shape index (κ2) is 3.31. The first-order chi connectivity index (χ1) is 7.15. The topological polar surface area (TPSA) is 51.5 Å². The summed E-state index contributed by atoms with van der Waals surface area (Å²) in [4.78, 5) is 10.9. The van der Waals surface area contributed by atoms with Gasteiger partial charge in [-0.3, -0.25) is 4.57 Å². The van der Waals surface area contributed by atoms with E-state index in [0.717, 1.165) is 16.7 Å². The number of hydrogen-bond donors (Lipinski definition) is 1. The summed E-state index contributed by atoms with van der Waals surface area (Å²) in [5.41, 5.74) is 1.64. The number of aromatic nitrogens is 1. The van der Waals surface area contributed by atoms with Crippen molar-refractivity contribution in [2.45, 2.75) is 6.92 Å². The molecule has 4 heteroatoms. The van der Waals surface area contributed by atoms with Gasteiger partial charge in [-0.1, -0.05) is 0 Å². The highest BCUT2D eigenvalue weighted by molar-refractivity contribution is 5.92. The van der Waals surface area contributed by atoms with Crippen molar-refractivity contribution in [1.82, 2.24) is 4.57 Å². The number of methoxy groups -OCH3 is 1. The molecule has 0 atom stereocenters. The fourth-order valence-electron chi connectivity index (χ4n) is 1.73. The van der Waals surface area contributed by atoms with E-state index in [4.69, 9.17) is 9.84 Å². The predicted molar refractivity (Wildman–Crippen MR) is 56.6 cm³/mol. The molecule has 0 aliphatic carbocycles. The molecule has 0 saturated carbocycles. The van der Waals surface area contributed by atoms with Crippen LogP contribution in [-0.2, 0) is 0 Å².